The molecule has 2 rings (SSSR count). The van der Waals surface area contributed by atoms with Crippen molar-refractivity contribution in [3.05, 3.63) is 23.9 Å². The summed E-state index contributed by atoms with van der Waals surface area (Å²) in [7, 11) is 1.98. The second-order valence-corrected chi connectivity index (χ2v) is 3.99. The van der Waals surface area contributed by atoms with E-state index in [9.17, 15) is 0 Å². The molecule has 0 radical (unpaired) electrons. The van der Waals surface area contributed by atoms with Crippen LogP contribution in [0, 0.1) is 0 Å². The minimum absolute atomic E-state index is 0.301. The van der Waals surface area contributed by atoms with Crippen LogP contribution in [-0.2, 0) is 6.42 Å². The van der Waals surface area contributed by atoms with Crippen molar-refractivity contribution in [2.24, 2.45) is 0 Å². The smallest absolute Gasteiger partial charge is 0.213 e. The fourth-order valence-corrected chi connectivity index (χ4v) is 1.79. The third kappa shape index (κ3) is 2.29. The van der Waals surface area contributed by atoms with Gasteiger partial charge in [0.25, 0.3) is 0 Å². The number of rotatable bonds is 4. The number of hydrogen-bond acceptors (Lipinski definition) is 3. The van der Waals surface area contributed by atoms with Crippen molar-refractivity contribution in [2.45, 2.75) is 38.3 Å². The molecule has 0 aliphatic heterocycles. The lowest BCUT2D eigenvalue weighted by molar-refractivity contribution is 0.0726. The van der Waals surface area contributed by atoms with Gasteiger partial charge >= 0.3 is 0 Å². The van der Waals surface area contributed by atoms with E-state index in [2.05, 4.69) is 23.3 Å². The van der Waals surface area contributed by atoms with E-state index >= 15 is 0 Å². The summed E-state index contributed by atoms with van der Waals surface area (Å²) in [5, 5.41) is 3.24. The third-order valence-electron chi connectivity index (χ3n) is 3.06. The van der Waals surface area contributed by atoms with E-state index in [0.717, 1.165) is 18.7 Å². The van der Waals surface area contributed by atoms with Crippen LogP contribution in [0.25, 0.3) is 0 Å². The number of aromatic nitrogens is 1. The van der Waals surface area contributed by atoms with Crippen LogP contribution in [0.2, 0.25) is 0 Å². The molecular formula is C12H18N2O. The fourth-order valence-electron chi connectivity index (χ4n) is 1.79. The van der Waals surface area contributed by atoms with Crippen molar-refractivity contribution in [3.8, 4) is 5.88 Å². The minimum atomic E-state index is 0.301. The number of ether oxygens (including phenoxy) is 1. The summed E-state index contributed by atoms with van der Waals surface area (Å²) in [6.45, 7) is 2.13. The Bertz CT molecular complexity index is 308. The molecule has 15 heavy (non-hydrogen) atoms. The summed E-state index contributed by atoms with van der Waals surface area (Å²) >= 11 is 0. The molecule has 0 saturated heterocycles. The molecule has 1 aromatic rings. The summed E-state index contributed by atoms with van der Waals surface area (Å²) in [5.74, 6) is 0.747. The van der Waals surface area contributed by atoms with Crippen LogP contribution in [-0.4, -0.2) is 24.2 Å². The molecule has 3 nitrogen and oxygen atoms in total. The maximum atomic E-state index is 5.78. The topological polar surface area (TPSA) is 34.1 Å². The highest BCUT2D eigenvalue weighted by atomic mass is 16.5. The van der Waals surface area contributed by atoms with Crippen LogP contribution >= 0.6 is 0 Å². The van der Waals surface area contributed by atoms with Crippen LogP contribution in [0.5, 0.6) is 5.88 Å². The molecule has 1 N–H and O–H groups in total. The lowest BCUT2D eigenvalue weighted by Crippen LogP contribution is -2.49. The number of likely N-dealkylation sites (N-methyl/N-ethyl adjacent to an activating group) is 1. The molecule has 82 valence electrons. The van der Waals surface area contributed by atoms with Crippen molar-refractivity contribution in [1.29, 1.82) is 0 Å². The molecule has 0 unspecified atom stereocenters. The first kappa shape index (κ1) is 10.4. The predicted octanol–water partition coefficient (Wildman–Crippen LogP) is 1.77. The van der Waals surface area contributed by atoms with Gasteiger partial charge in [-0.15, -0.1) is 0 Å². The molecule has 1 fully saturated rings. The van der Waals surface area contributed by atoms with Gasteiger partial charge in [0.05, 0.1) is 0 Å². The zero-order valence-corrected chi connectivity index (χ0v) is 9.36. The predicted molar refractivity (Wildman–Crippen MR) is 60.1 cm³/mol. The first-order chi connectivity index (χ1) is 7.33. The number of pyridine rings is 1. The number of aryl methyl sites for hydroxylation is 1. The first-order valence-corrected chi connectivity index (χ1v) is 5.62. The maximum Gasteiger partial charge on any atom is 0.213 e. The lowest BCUT2D eigenvalue weighted by Gasteiger charge is -2.35. The van der Waals surface area contributed by atoms with Gasteiger partial charge in [0.2, 0.25) is 5.88 Å². The molecule has 3 heteroatoms. The third-order valence-corrected chi connectivity index (χ3v) is 3.06. The molecule has 1 heterocycles. The first-order valence-electron chi connectivity index (χ1n) is 5.62. The van der Waals surface area contributed by atoms with Gasteiger partial charge in [-0.05, 0) is 31.9 Å². The van der Waals surface area contributed by atoms with Crippen LogP contribution in [0.3, 0.4) is 0 Å². The molecular weight excluding hydrogens is 188 g/mol. The summed E-state index contributed by atoms with van der Waals surface area (Å²) in [6, 6.07) is 4.54. The van der Waals surface area contributed by atoms with Gasteiger partial charge in [-0.3, -0.25) is 0 Å². The molecule has 1 aromatic heterocycles. The Morgan fingerprint density at radius 1 is 1.47 bits per heavy atom. The highest BCUT2D eigenvalue weighted by Gasteiger charge is 2.31. The normalized spacial score (nSPS) is 24.7. The van der Waals surface area contributed by atoms with E-state index in [1.807, 2.05) is 19.3 Å². The quantitative estimate of drug-likeness (QED) is 0.815. The van der Waals surface area contributed by atoms with E-state index in [1.165, 1.54) is 12.0 Å². The summed E-state index contributed by atoms with van der Waals surface area (Å²) in [6.07, 6.45) is 5.55. The summed E-state index contributed by atoms with van der Waals surface area (Å²) in [4.78, 5) is 4.29. The molecule has 1 aliphatic carbocycles. The molecule has 0 amide bonds. The summed E-state index contributed by atoms with van der Waals surface area (Å²) in [5.41, 5.74) is 1.25. The van der Waals surface area contributed by atoms with E-state index < -0.39 is 0 Å². The second-order valence-electron chi connectivity index (χ2n) is 3.99. The van der Waals surface area contributed by atoms with Crippen molar-refractivity contribution in [3.63, 3.8) is 0 Å². The Balaban J connectivity index is 1.93. The minimum Gasteiger partial charge on any atom is -0.473 e. The van der Waals surface area contributed by atoms with Gasteiger partial charge in [-0.25, -0.2) is 4.98 Å². The van der Waals surface area contributed by atoms with E-state index in [1.54, 1.807) is 0 Å². The molecule has 0 aromatic carbocycles. The Labute approximate surface area is 90.9 Å². The Morgan fingerprint density at radius 3 is 2.80 bits per heavy atom. The molecule has 0 bridgehead atoms. The fraction of sp³-hybridized carbons (Fsp3) is 0.583. The van der Waals surface area contributed by atoms with Gasteiger partial charge in [0.1, 0.15) is 6.10 Å². The van der Waals surface area contributed by atoms with Gasteiger partial charge in [0, 0.05) is 18.3 Å². The van der Waals surface area contributed by atoms with E-state index in [-0.39, 0.29) is 0 Å². The standard InChI is InChI=1S/C12H18N2O/c1-3-9-4-7-12(14-8-9)15-11-6-5-10(11)13-2/h4,7-8,10-11,13H,3,5-6H2,1-2H3/t10-,11-/m0/s1. The average Bonchev–Trinajstić information content (AvgIpc) is 2.26. The second kappa shape index (κ2) is 4.62. The Morgan fingerprint density at radius 2 is 2.33 bits per heavy atom. The van der Waals surface area contributed by atoms with Gasteiger partial charge < -0.3 is 10.1 Å². The van der Waals surface area contributed by atoms with Crippen molar-refractivity contribution >= 4 is 0 Å². The van der Waals surface area contributed by atoms with E-state index in [4.69, 9.17) is 4.74 Å². The maximum absolute atomic E-state index is 5.78. The highest BCUT2D eigenvalue weighted by molar-refractivity contribution is 5.18. The largest absolute Gasteiger partial charge is 0.473 e. The zero-order valence-electron chi connectivity index (χ0n) is 9.36. The lowest BCUT2D eigenvalue weighted by atomic mass is 9.89. The van der Waals surface area contributed by atoms with Gasteiger partial charge in [-0.1, -0.05) is 13.0 Å². The highest BCUT2D eigenvalue weighted by Crippen LogP contribution is 2.24. The molecule has 1 saturated carbocycles. The molecule has 0 spiro atoms. The number of nitrogens with one attached hydrogen (secondary N) is 1. The van der Waals surface area contributed by atoms with Crippen molar-refractivity contribution in [2.75, 3.05) is 7.05 Å². The van der Waals surface area contributed by atoms with Gasteiger partial charge in [-0.2, -0.15) is 0 Å². The van der Waals surface area contributed by atoms with Crippen molar-refractivity contribution < 1.29 is 4.74 Å². The Kier molecular flexibility index (Phi) is 3.21. The molecule has 2 atom stereocenters. The molecule has 1 aliphatic rings. The van der Waals surface area contributed by atoms with E-state index in [0.29, 0.717) is 12.1 Å². The summed E-state index contributed by atoms with van der Waals surface area (Å²) < 4.78 is 5.78. The zero-order chi connectivity index (χ0) is 10.7. The average molecular weight is 206 g/mol. The van der Waals surface area contributed by atoms with Crippen LogP contribution in [0.15, 0.2) is 18.3 Å². The van der Waals surface area contributed by atoms with Crippen LogP contribution in [0.4, 0.5) is 0 Å². The number of nitrogens with zero attached hydrogens (tertiary/aromatic N) is 1. The van der Waals surface area contributed by atoms with Crippen LogP contribution < -0.4 is 10.1 Å². The number of hydrogen-bond donors (Lipinski definition) is 1. The van der Waals surface area contributed by atoms with Crippen molar-refractivity contribution in [1.82, 2.24) is 10.3 Å². The van der Waals surface area contributed by atoms with Crippen LogP contribution in [0.1, 0.15) is 25.3 Å². The SMILES string of the molecule is CCc1ccc(O[C@H]2CC[C@@H]2NC)nc1. The monoisotopic (exact) mass is 206 g/mol. The van der Waals surface area contributed by atoms with Gasteiger partial charge in [0.15, 0.2) is 0 Å². The Hall–Kier alpha value is -1.09.